The summed E-state index contributed by atoms with van der Waals surface area (Å²) in [7, 11) is 0. The molecule has 0 saturated heterocycles. The van der Waals surface area contributed by atoms with Gasteiger partial charge in [0.2, 0.25) is 0 Å². The van der Waals surface area contributed by atoms with Crippen LogP contribution in [0.3, 0.4) is 0 Å². The highest BCUT2D eigenvalue weighted by Crippen LogP contribution is 2.30. The second-order valence-corrected chi connectivity index (χ2v) is 5.47. The van der Waals surface area contributed by atoms with Gasteiger partial charge in [-0.2, -0.15) is 5.26 Å². The first-order valence-electron chi connectivity index (χ1n) is 6.71. The van der Waals surface area contributed by atoms with Crippen LogP contribution in [0.2, 0.25) is 0 Å². The van der Waals surface area contributed by atoms with Gasteiger partial charge in [-0.05, 0) is 30.2 Å². The van der Waals surface area contributed by atoms with Crippen LogP contribution in [0.1, 0.15) is 18.1 Å². The number of thiazole rings is 1. The number of pyridine rings is 1. The largest absolute Gasteiger partial charge is 0.264 e. The van der Waals surface area contributed by atoms with Crippen molar-refractivity contribution in [2.45, 2.75) is 13.3 Å². The highest BCUT2D eigenvalue weighted by atomic mass is 32.1. The highest BCUT2D eigenvalue weighted by Gasteiger charge is 2.10. The van der Waals surface area contributed by atoms with Gasteiger partial charge in [0.15, 0.2) is 0 Å². The molecule has 3 rings (SSSR count). The number of nitriles is 1. The van der Waals surface area contributed by atoms with Gasteiger partial charge in [0.25, 0.3) is 0 Å². The number of hydrogen-bond acceptors (Lipinski definition) is 4. The minimum atomic E-state index is 0.651. The molecule has 0 aliphatic heterocycles. The number of hydrogen-bond donors (Lipinski definition) is 0. The van der Waals surface area contributed by atoms with Crippen LogP contribution in [0, 0.1) is 11.3 Å². The monoisotopic (exact) mass is 291 g/mol. The summed E-state index contributed by atoms with van der Waals surface area (Å²) in [6.07, 6.45) is 4.64. The first kappa shape index (κ1) is 13.5. The van der Waals surface area contributed by atoms with Crippen LogP contribution < -0.4 is 0 Å². The Bertz CT molecular complexity index is 815. The van der Waals surface area contributed by atoms with Gasteiger partial charge in [-0.15, -0.1) is 11.3 Å². The molecule has 0 atom stereocenters. The van der Waals surface area contributed by atoms with Crippen LogP contribution in [-0.4, -0.2) is 9.97 Å². The fourth-order valence-electron chi connectivity index (χ4n) is 2.20. The van der Waals surface area contributed by atoms with Crippen LogP contribution in [0.25, 0.3) is 21.8 Å². The van der Waals surface area contributed by atoms with Crippen molar-refractivity contribution in [1.29, 1.82) is 5.26 Å². The predicted molar refractivity (Wildman–Crippen MR) is 84.9 cm³/mol. The summed E-state index contributed by atoms with van der Waals surface area (Å²) in [5, 5.41) is 12.0. The van der Waals surface area contributed by atoms with Crippen molar-refractivity contribution in [3.63, 3.8) is 0 Å². The number of aryl methyl sites for hydroxylation is 1. The quantitative estimate of drug-likeness (QED) is 0.722. The Labute approximate surface area is 127 Å². The van der Waals surface area contributed by atoms with Crippen molar-refractivity contribution >= 4 is 11.3 Å². The Morgan fingerprint density at radius 3 is 3.00 bits per heavy atom. The average Bonchev–Trinajstić information content (AvgIpc) is 3.04. The van der Waals surface area contributed by atoms with E-state index in [0.29, 0.717) is 5.56 Å². The van der Waals surface area contributed by atoms with E-state index >= 15 is 0 Å². The van der Waals surface area contributed by atoms with Crippen molar-refractivity contribution in [3.05, 3.63) is 59.2 Å². The summed E-state index contributed by atoms with van der Waals surface area (Å²) in [5.74, 6) is 0. The van der Waals surface area contributed by atoms with Gasteiger partial charge in [0.05, 0.1) is 17.3 Å². The normalized spacial score (nSPS) is 10.3. The number of nitrogens with zero attached hydrogens (tertiary/aromatic N) is 3. The lowest BCUT2D eigenvalue weighted by Crippen LogP contribution is -1.88. The molecule has 0 unspecified atom stereocenters. The van der Waals surface area contributed by atoms with E-state index < -0.39 is 0 Å². The summed E-state index contributed by atoms with van der Waals surface area (Å²) in [6, 6.07) is 11.7. The molecule has 0 saturated carbocycles. The topological polar surface area (TPSA) is 49.6 Å². The van der Waals surface area contributed by atoms with Crippen molar-refractivity contribution in [1.82, 2.24) is 9.97 Å². The molecular weight excluding hydrogens is 278 g/mol. The molecule has 21 heavy (non-hydrogen) atoms. The third kappa shape index (κ3) is 2.69. The van der Waals surface area contributed by atoms with E-state index in [4.69, 9.17) is 10.2 Å². The van der Waals surface area contributed by atoms with Crippen LogP contribution in [0.5, 0.6) is 0 Å². The molecule has 1 aromatic carbocycles. The minimum Gasteiger partial charge on any atom is -0.264 e. The Morgan fingerprint density at radius 2 is 2.19 bits per heavy atom. The lowest BCUT2D eigenvalue weighted by Gasteiger charge is -2.03. The summed E-state index contributed by atoms with van der Waals surface area (Å²) in [6.45, 7) is 2.13. The maximum absolute atomic E-state index is 8.98. The maximum atomic E-state index is 8.98. The smallest absolute Gasteiger partial charge is 0.125 e. The lowest BCUT2D eigenvalue weighted by molar-refractivity contribution is 1.12. The van der Waals surface area contributed by atoms with Crippen LogP contribution in [0.15, 0.2) is 48.1 Å². The molecule has 0 radical (unpaired) electrons. The molecule has 0 aliphatic carbocycles. The van der Waals surface area contributed by atoms with E-state index in [1.54, 1.807) is 17.4 Å². The Hall–Kier alpha value is -2.51. The Balaban J connectivity index is 2.02. The van der Waals surface area contributed by atoms with E-state index in [0.717, 1.165) is 28.2 Å². The molecule has 0 N–H and O–H groups in total. The molecule has 4 heteroatoms. The number of rotatable bonds is 3. The molecule has 2 heterocycles. The Kier molecular flexibility index (Phi) is 3.76. The van der Waals surface area contributed by atoms with Gasteiger partial charge in [0.1, 0.15) is 5.01 Å². The summed E-state index contributed by atoms with van der Waals surface area (Å²) < 4.78 is 0. The van der Waals surface area contributed by atoms with Crippen LogP contribution in [0.4, 0.5) is 0 Å². The van der Waals surface area contributed by atoms with E-state index in [2.05, 4.69) is 18.0 Å². The fraction of sp³-hybridized carbons (Fsp3) is 0.118. The van der Waals surface area contributed by atoms with E-state index in [-0.39, 0.29) is 0 Å². The Morgan fingerprint density at radius 1 is 1.29 bits per heavy atom. The molecule has 3 aromatic rings. The van der Waals surface area contributed by atoms with Gasteiger partial charge in [-0.25, -0.2) is 4.98 Å². The molecule has 0 fully saturated rings. The summed E-state index contributed by atoms with van der Waals surface area (Å²) in [5.41, 5.74) is 4.86. The van der Waals surface area contributed by atoms with Crippen molar-refractivity contribution in [2.75, 3.05) is 0 Å². The summed E-state index contributed by atoms with van der Waals surface area (Å²) >= 11 is 1.61. The first-order chi connectivity index (χ1) is 10.3. The first-order valence-corrected chi connectivity index (χ1v) is 7.59. The fourth-order valence-corrected chi connectivity index (χ4v) is 3.08. The summed E-state index contributed by atoms with van der Waals surface area (Å²) in [4.78, 5) is 8.91. The van der Waals surface area contributed by atoms with Gasteiger partial charge in [0, 0.05) is 28.9 Å². The van der Waals surface area contributed by atoms with Crippen LogP contribution in [-0.2, 0) is 6.42 Å². The van der Waals surface area contributed by atoms with Crippen molar-refractivity contribution in [2.24, 2.45) is 0 Å². The zero-order valence-electron chi connectivity index (χ0n) is 11.6. The third-order valence-corrected chi connectivity index (χ3v) is 4.19. The SMILES string of the molecule is CCc1ccncc1-c1nc(-c2cccc(C#N)c2)cs1. The molecule has 2 aromatic heterocycles. The van der Waals surface area contributed by atoms with Crippen molar-refractivity contribution < 1.29 is 0 Å². The second kappa shape index (κ2) is 5.86. The lowest BCUT2D eigenvalue weighted by atomic mass is 10.1. The zero-order valence-corrected chi connectivity index (χ0v) is 12.4. The highest BCUT2D eigenvalue weighted by molar-refractivity contribution is 7.13. The van der Waals surface area contributed by atoms with E-state index in [1.165, 1.54) is 5.56 Å². The maximum Gasteiger partial charge on any atom is 0.125 e. The molecule has 0 bridgehead atoms. The average molecular weight is 291 g/mol. The van der Waals surface area contributed by atoms with Gasteiger partial charge in [-0.3, -0.25) is 4.98 Å². The minimum absolute atomic E-state index is 0.651. The third-order valence-electron chi connectivity index (χ3n) is 3.31. The standard InChI is InChI=1S/C17H13N3S/c1-2-13-6-7-19-10-15(13)17-20-16(11-21-17)14-5-3-4-12(8-14)9-18/h3-8,10-11H,2H2,1H3. The second-order valence-electron chi connectivity index (χ2n) is 4.62. The molecule has 0 amide bonds. The van der Waals surface area contributed by atoms with Crippen LogP contribution >= 0.6 is 11.3 Å². The van der Waals surface area contributed by atoms with Gasteiger partial charge < -0.3 is 0 Å². The predicted octanol–water partition coefficient (Wildman–Crippen LogP) is 4.31. The number of benzene rings is 1. The van der Waals surface area contributed by atoms with E-state index in [1.807, 2.05) is 42.0 Å². The molecule has 0 spiro atoms. The molecule has 3 nitrogen and oxygen atoms in total. The van der Waals surface area contributed by atoms with Gasteiger partial charge >= 0.3 is 0 Å². The zero-order chi connectivity index (χ0) is 14.7. The number of aromatic nitrogens is 2. The molecule has 102 valence electrons. The van der Waals surface area contributed by atoms with E-state index in [9.17, 15) is 0 Å². The van der Waals surface area contributed by atoms with Gasteiger partial charge in [-0.1, -0.05) is 19.1 Å². The molecule has 0 aliphatic rings. The molecular formula is C17H13N3S. The van der Waals surface area contributed by atoms with Crippen molar-refractivity contribution in [3.8, 4) is 27.9 Å².